The number of furan rings is 1. The monoisotopic (exact) mass is 226 g/mol. The fourth-order valence-electron chi connectivity index (χ4n) is 1.88. The quantitative estimate of drug-likeness (QED) is 0.679. The van der Waals surface area contributed by atoms with Crippen molar-refractivity contribution >= 4 is 5.88 Å². The van der Waals surface area contributed by atoms with Gasteiger partial charge in [-0.1, -0.05) is 0 Å². The molecule has 1 fully saturated rings. The lowest BCUT2D eigenvalue weighted by molar-refractivity contribution is 0.308. The molecule has 2 heterocycles. The van der Waals surface area contributed by atoms with E-state index in [1.165, 1.54) is 0 Å². The zero-order valence-corrected chi connectivity index (χ0v) is 10.0. The topological polar surface area (TPSA) is 68.9 Å². The minimum absolute atomic E-state index is 0.109. The number of anilines is 1. The van der Waals surface area contributed by atoms with E-state index in [9.17, 15) is 10.2 Å². The van der Waals surface area contributed by atoms with Crippen LogP contribution < -0.4 is 10.2 Å². The third-order valence-electron chi connectivity index (χ3n) is 3.86. The van der Waals surface area contributed by atoms with Crippen LogP contribution >= 0.6 is 0 Å². The highest BCUT2D eigenvalue weighted by atomic mass is 16.4. The molecule has 0 amide bonds. The van der Waals surface area contributed by atoms with Crippen molar-refractivity contribution in [1.29, 1.82) is 0 Å². The van der Waals surface area contributed by atoms with E-state index in [2.05, 4.69) is 33.0 Å². The third-order valence-corrected chi connectivity index (χ3v) is 3.86. The molecule has 1 aromatic heterocycles. The van der Waals surface area contributed by atoms with Crippen molar-refractivity contribution in [1.82, 2.24) is 5.32 Å². The Hall–Kier alpha value is -1.36. The molecule has 16 heavy (non-hydrogen) atoms. The zero-order valence-electron chi connectivity index (χ0n) is 10.0. The first-order valence-corrected chi connectivity index (χ1v) is 5.29. The molecule has 0 saturated carbocycles. The molecule has 0 radical (unpaired) electrons. The lowest BCUT2D eigenvalue weighted by Crippen LogP contribution is -2.53. The number of nitrogens with zero attached hydrogens (tertiary/aromatic N) is 1. The summed E-state index contributed by atoms with van der Waals surface area (Å²) in [6.07, 6.45) is 1.14. The van der Waals surface area contributed by atoms with Crippen molar-refractivity contribution < 1.29 is 14.6 Å². The molecule has 0 aliphatic carbocycles. The van der Waals surface area contributed by atoms with Crippen LogP contribution in [0.25, 0.3) is 0 Å². The second kappa shape index (κ2) is 3.07. The van der Waals surface area contributed by atoms with Gasteiger partial charge in [0.1, 0.15) is 6.26 Å². The third kappa shape index (κ3) is 1.28. The number of hydrogen-bond donors (Lipinski definition) is 3. The van der Waals surface area contributed by atoms with Gasteiger partial charge in [-0.15, -0.1) is 0 Å². The van der Waals surface area contributed by atoms with Crippen molar-refractivity contribution in [2.45, 2.75) is 38.8 Å². The molecule has 0 aromatic carbocycles. The summed E-state index contributed by atoms with van der Waals surface area (Å²) in [7, 11) is 0. The van der Waals surface area contributed by atoms with Gasteiger partial charge in [-0.2, -0.15) is 0 Å². The Labute approximate surface area is 94.7 Å². The fraction of sp³-hybridized carbons (Fsp3) is 0.636. The van der Waals surface area contributed by atoms with Crippen LogP contribution in [0.15, 0.2) is 10.7 Å². The van der Waals surface area contributed by atoms with Crippen LogP contribution in [-0.4, -0.2) is 28.0 Å². The summed E-state index contributed by atoms with van der Waals surface area (Å²) < 4.78 is 5.19. The van der Waals surface area contributed by atoms with Gasteiger partial charge in [0.15, 0.2) is 5.75 Å². The van der Waals surface area contributed by atoms with E-state index in [1.807, 2.05) is 4.90 Å². The number of rotatable bonds is 1. The Bertz CT molecular complexity index is 409. The van der Waals surface area contributed by atoms with Gasteiger partial charge in [0.25, 0.3) is 0 Å². The molecule has 5 nitrogen and oxygen atoms in total. The van der Waals surface area contributed by atoms with Gasteiger partial charge in [-0.3, -0.25) is 5.32 Å². The Kier molecular flexibility index (Phi) is 2.14. The molecule has 0 bridgehead atoms. The van der Waals surface area contributed by atoms with Crippen LogP contribution in [0.1, 0.15) is 27.7 Å². The maximum Gasteiger partial charge on any atom is 0.243 e. The van der Waals surface area contributed by atoms with Gasteiger partial charge in [0.05, 0.1) is 12.2 Å². The summed E-state index contributed by atoms with van der Waals surface area (Å²) in [5, 5.41) is 22.3. The highest BCUT2D eigenvalue weighted by Gasteiger charge is 2.49. The molecule has 0 atom stereocenters. The van der Waals surface area contributed by atoms with Crippen LogP contribution in [0.5, 0.6) is 11.5 Å². The van der Waals surface area contributed by atoms with E-state index >= 15 is 0 Å². The summed E-state index contributed by atoms with van der Waals surface area (Å²) in [6.45, 7) is 8.87. The summed E-state index contributed by atoms with van der Waals surface area (Å²) in [6, 6.07) is 0. The van der Waals surface area contributed by atoms with E-state index < -0.39 is 0 Å². The molecule has 0 unspecified atom stereocenters. The molecule has 2 rings (SSSR count). The fourth-order valence-corrected chi connectivity index (χ4v) is 1.88. The lowest BCUT2D eigenvalue weighted by Gasteiger charge is -2.39. The van der Waals surface area contributed by atoms with Gasteiger partial charge >= 0.3 is 0 Å². The van der Waals surface area contributed by atoms with E-state index in [0.717, 1.165) is 6.26 Å². The molecule has 5 heteroatoms. The van der Waals surface area contributed by atoms with Gasteiger partial charge < -0.3 is 19.5 Å². The predicted octanol–water partition coefficient (Wildman–Crippen LogP) is 1.62. The summed E-state index contributed by atoms with van der Waals surface area (Å²) in [4.78, 5) is 1.90. The van der Waals surface area contributed by atoms with Crippen LogP contribution in [0.2, 0.25) is 0 Å². The van der Waals surface area contributed by atoms with E-state index in [4.69, 9.17) is 4.42 Å². The van der Waals surface area contributed by atoms with Crippen molar-refractivity contribution in [3.05, 3.63) is 6.26 Å². The Morgan fingerprint density at radius 3 is 2.31 bits per heavy atom. The normalized spacial score (nSPS) is 22.6. The average Bonchev–Trinajstić information content (AvgIpc) is 2.57. The first-order valence-electron chi connectivity index (χ1n) is 5.29. The van der Waals surface area contributed by atoms with Crippen molar-refractivity contribution in [3.8, 4) is 11.5 Å². The maximum atomic E-state index is 9.69. The van der Waals surface area contributed by atoms with Crippen LogP contribution in [-0.2, 0) is 0 Å². The Morgan fingerprint density at radius 2 is 1.94 bits per heavy atom. The molecule has 1 aromatic rings. The smallest absolute Gasteiger partial charge is 0.243 e. The molecular formula is C11H18N2O3. The molecule has 3 N–H and O–H groups in total. The molecular weight excluding hydrogens is 208 g/mol. The van der Waals surface area contributed by atoms with E-state index in [-0.39, 0.29) is 22.6 Å². The standard InChI is InChI=1S/C11H18N2O3/c1-10(2)11(3,4)13(6-12-10)9-8(15)7(14)5-16-9/h5,12,14-15H,6H2,1-4H3. The summed E-state index contributed by atoms with van der Waals surface area (Å²) >= 11 is 0. The van der Waals surface area contributed by atoms with Gasteiger partial charge in [0.2, 0.25) is 11.6 Å². The molecule has 1 saturated heterocycles. The summed E-state index contributed by atoms with van der Waals surface area (Å²) in [5.74, 6) is -0.122. The van der Waals surface area contributed by atoms with Crippen molar-refractivity contribution in [2.24, 2.45) is 0 Å². The van der Waals surface area contributed by atoms with Crippen LogP contribution in [0.4, 0.5) is 5.88 Å². The van der Waals surface area contributed by atoms with E-state index in [0.29, 0.717) is 12.6 Å². The van der Waals surface area contributed by atoms with Crippen molar-refractivity contribution in [3.63, 3.8) is 0 Å². The second-order valence-electron chi connectivity index (χ2n) is 5.22. The first-order chi connectivity index (χ1) is 7.27. The predicted molar refractivity (Wildman–Crippen MR) is 60.7 cm³/mol. The lowest BCUT2D eigenvalue weighted by atomic mass is 9.83. The van der Waals surface area contributed by atoms with Gasteiger partial charge in [0, 0.05) is 5.54 Å². The highest BCUT2D eigenvalue weighted by molar-refractivity contribution is 5.59. The summed E-state index contributed by atoms with van der Waals surface area (Å²) in [5.41, 5.74) is -0.337. The SMILES string of the molecule is CC1(C)NCN(c2occ(O)c2O)C1(C)C. The highest BCUT2D eigenvalue weighted by Crippen LogP contribution is 2.44. The van der Waals surface area contributed by atoms with Gasteiger partial charge in [-0.25, -0.2) is 0 Å². The number of hydrogen-bond acceptors (Lipinski definition) is 5. The molecule has 1 aliphatic heterocycles. The second-order valence-corrected chi connectivity index (χ2v) is 5.22. The number of nitrogens with one attached hydrogen (secondary N) is 1. The van der Waals surface area contributed by atoms with Crippen LogP contribution in [0, 0.1) is 0 Å². The Balaban J connectivity index is 2.41. The molecule has 0 spiro atoms. The number of aromatic hydroxyl groups is 2. The largest absolute Gasteiger partial charge is 0.502 e. The average molecular weight is 226 g/mol. The van der Waals surface area contributed by atoms with E-state index in [1.54, 1.807) is 0 Å². The maximum absolute atomic E-state index is 9.69. The minimum atomic E-state index is -0.227. The molecule has 90 valence electrons. The molecule has 1 aliphatic rings. The minimum Gasteiger partial charge on any atom is -0.502 e. The van der Waals surface area contributed by atoms with Gasteiger partial charge in [-0.05, 0) is 27.7 Å². The Morgan fingerprint density at radius 1 is 1.31 bits per heavy atom. The first kappa shape index (κ1) is 11.1. The van der Waals surface area contributed by atoms with Crippen molar-refractivity contribution in [2.75, 3.05) is 11.6 Å². The van der Waals surface area contributed by atoms with Crippen LogP contribution in [0.3, 0.4) is 0 Å². The zero-order chi connectivity index (χ0) is 12.1.